The molecule has 98 valence electrons. The molecule has 1 heterocycles. The molecule has 0 atom stereocenters. The molecular weight excluding hydrogens is 326 g/mol. The third-order valence-electron chi connectivity index (χ3n) is 2.58. The van der Waals surface area contributed by atoms with Gasteiger partial charge in [-0.1, -0.05) is 28.1 Å². The minimum Gasteiger partial charge on any atom is -0.478 e. The maximum absolute atomic E-state index is 10.4. The van der Waals surface area contributed by atoms with Gasteiger partial charge in [-0.2, -0.15) is 0 Å². The summed E-state index contributed by atoms with van der Waals surface area (Å²) in [5.74, 6) is -0.931. The molecular formula is C14H12BrNO2S. The van der Waals surface area contributed by atoms with Crippen LogP contribution in [-0.4, -0.2) is 16.1 Å². The standard InChI is InChI=1S/C14H12BrNO2S/c1-9-5-6-10(15)7-11(9)12-8-19-13(16-12)3-2-4-14(17)18/h2,4-8H,3H2,1H3,(H,17,18)/b4-2+. The van der Waals surface area contributed by atoms with Crippen molar-refractivity contribution >= 4 is 33.2 Å². The van der Waals surface area contributed by atoms with Crippen LogP contribution in [0.3, 0.4) is 0 Å². The van der Waals surface area contributed by atoms with Gasteiger partial charge in [-0.25, -0.2) is 9.78 Å². The maximum Gasteiger partial charge on any atom is 0.327 e. The molecule has 0 bridgehead atoms. The molecule has 1 N–H and O–H groups in total. The number of aryl methyl sites for hydroxylation is 1. The summed E-state index contributed by atoms with van der Waals surface area (Å²) in [7, 11) is 0. The largest absolute Gasteiger partial charge is 0.478 e. The molecule has 0 amide bonds. The molecule has 0 fully saturated rings. The first-order chi connectivity index (χ1) is 9.06. The zero-order valence-corrected chi connectivity index (χ0v) is 12.7. The quantitative estimate of drug-likeness (QED) is 0.855. The second-order valence-corrected chi connectivity index (χ2v) is 5.89. The zero-order valence-electron chi connectivity index (χ0n) is 10.3. The number of halogens is 1. The van der Waals surface area contributed by atoms with Gasteiger partial charge in [0, 0.05) is 27.9 Å². The summed E-state index contributed by atoms with van der Waals surface area (Å²) in [6.45, 7) is 2.05. The van der Waals surface area contributed by atoms with Crippen LogP contribution in [0, 0.1) is 6.92 Å². The fraction of sp³-hybridized carbons (Fsp3) is 0.143. The predicted molar refractivity (Wildman–Crippen MR) is 80.5 cm³/mol. The molecule has 0 aliphatic heterocycles. The molecule has 1 aromatic heterocycles. The van der Waals surface area contributed by atoms with Gasteiger partial charge in [0.2, 0.25) is 0 Å². The van der Waals surface area contributed by atoms with Crippen molar-refractivity contribution in [3.63, 3.8) is 0 Å². The van der Waals surface area contributed by atoms with Crippen LogP contribution in [-0.2, 0) is 11.2 Å². The second kappa shape index (κ2) is 6.12. The minimum absolute atomic E-state index is 0.546. The van der Waals surface area contributed by atoms with E-state index in [1.165, 1.54) is 5.56 Å². The predicted octanol–water partition coefficient (Wildman–Crippen LogP) is 4.06. The highest BCUT2D eigenvalue weighted by Crippen LogP contribution is 2.28. The van der Waals surface area contributed by atoms with Crippen LogP contribution >= 0.6 is 27.3 Å². The highest BCUT2D eigenvalue weighted by Gasteiger charge is 2.07. The van der Waals surface area contributed by atoms with E-state index in [0.717, 1.165) is 26.8 Å². The Bertz CT molecular complexity index is 634. The van der Waals surface area contributed by atoms with Gasteiger partial charge in [-0.05, 0) is 24.6 Å². The van der Waals surface area contributed by atoms with Crippen LogP contribution in [0.15, 0.2) is 40.2 Å². The molecule has 0 aliphatic rings. The van der Waals surface area contributed by atoms with E-state index in [0.29, 0.717) is 6.42 Å². The van der Waals surface area contributed by atoms with Gasteiger partial charge >= 0.3 is 5.97 Å². The van der Waals surface area contributed by atoms with Crippen LogP contribution in [0.25, 0.3) is 11.3 Å². The Hall–Kier alpha value is -1.46. The van der Waals surface area contributed by atoms with Gasteiger partial charge in [0.1, 0.15) is 0 Å². The number of thiazole rings is 1. The average molecular weight is 338 g/mol. The minimum atomic E-state index is -0.931. The highest BCUT2D eigenvalue weighted by molar-refractivity contribution is 9.10. The van der Waals surface area contributed by atoms with Crippen LogP contribution in [0.2, 0.25) is 0 Å². The molecule has 0 spiro atoms. The van der Waals surface area contributed by atoms with Crippen LogP contribution < -0.4 is 0 Å². The Morgan fingerprint density at radius 2 is 2.32 bits per heavy atom. The number of hydrogen-bond donors (Lipinski definition) is 1. The van der Waals surface area contributed by atoms with Crippen LogP contribution in [0.4, 0.5) is 0 Å². The zero-order chi connectivity index (χ0) is 13.8. The van der Waals surface area contributed by atoms with Gasteiger partial charge in [0.25, 0.3) is 0 Å². The Balaban J connectivity index is 2.21. The molecule has 2 aromatic rings. The number of carbonyl (C=O) groups is 1. The third-order valence-corrected chi connectivity index (χ3v) is 3.94. The Labute approximate surface area is 123 Å². The van der Waals surface area contributed by atoms with Crippen molar-refractivity contribution in [1.82, 2.24) is 4.98 Å². The number of rotatable bonds is 4. The summed E-state index contributed by atoms with van der Waals surface area (Å²) in [5.41, 5.74) is 3.20. The molecule has 3 nitrogen and oxygen atoms in total. The van der Waals surface area contributed by atoms with Gasteiger partial charge in [0.15, 0.2) is 0 Å². The number of aliphatic carboxylic acids is 1. The third kappa shape index (κ3) is 3.75. The summed E-state index contributed by atoms with van der Waals surface area (Å²) >= 11 is 5.00. The SMILES string of the molecule is Cc1ccc(Br)cc1-c1csc(C/C=C/C(=O)O)n1. The molecule has 5 heteroatoms. The van der Waals surface area contributed by atoms with E-state index in [1.54, 1.807) is 17.4 Å². The number of nitrogens with zero attached hydrogens (tertiary/aromatic N) is 1. The van der Waals surface area contributed by atoms with Crippen molar-refractivity contribution in [3.8, 4) is 11.3 Å². The molecule has 2 rings (SSSR count). The van der Waals surface area contributed by atoms with Gasteiger partial charge in [-0.3, -0.25) is 0 Å². The topological polar surface area (TPSA) is 50.2 Å². The first-order valence-electron chi connectivity index (χ1n) is 5.66. The van der Waals surface area contributed by atoms with E-state index in [9.17, 15) is 4.79 Å². The summed E-state index contributed by atoms with van der Waals surface area (Å²) in [5, 5.41) is 11.4. The molecule has 0 aliphatic carbocycles. The molecule has 0 radical (unpaired) electrons. The molecule has 0 saturated heterocycles. The van der Waals surface area contributed by atoms with Crippen molar-refractivity contribution < 1.29 is 9.90 Å². The van der Waals surface area contributed by atoms with Crippen molar-refractivity contribution in [3.05, 3.63) is 50.8 Å². The fourth-order valence-corrected chi connectivity index (χ4v) is 2.79. The lowest BCUT2D eigenvalue weighted by atomic mass is 10.1. The van der Waals surface area contributed by atoms with Crippen molar-refractivity contribution in [2.45, 2.75) is 13.3 Å². The first kappa shape index (κ1) is 14.0. The molecule has 0 saturated carbocycles. The normalized spacial score (nSPS) is 11.1. The molecule has 1 aromatic carbocycles. The summed E-state index contributed by atoms with van der Waals surface area (Å²) in [6.07, 6.45) is 3.30. The fourth-order valence-electron chi connectivity index (χ4n) is 1.66. The smallest absolute Gasteiger partial charge is 0.327 e. The molecule has 0 unspecified atom stereocenters. The summed E-state index contributed by atoms with van der Waals surface area (Å²) in [6, 6.07) is 6.09. The number of benzene rings is 1. The first-order valence-corrected chi connectivity index (χ1v) is 7.34. The van der Waals surface area contributed by atoms with E-state index < -0.39 is 5.97 Å². The lowest BCUT2D eigenvalue weighted by Crippen LogP contribution is -1.88. The summed E-state index contributed by atoms with van der Waals surface area (Å²) < 4.78 is 1.02. The second-order valence-electron chi connectivity index (χ2n) is 4.03. The van der Waals surface area contributed by atoms with Crippen molar-refractivity contribution in [2.75, 3.05) is 0 Å². The number of carboxylic acid groups (broad SMARTS) is 1. The molecule has 19 heavy (non-hydrogen) atoms. The number of hydrogen-bond acceptors (Lipinski definition) is 3. The Morgan fingerprint density at radius 3 is 3.05 bits per heavy atom. The average Bonchev–Trinajstić information content (AvgIpc) is 2.80. The maximum atomic E-state index is 10.4. The van der Waals surface area contributed by atoms with E-state index in [4.69, 9.17) is 5.11 Å². The lowest BCUT2D eigenvalue weighted by molar-refractivity contribution is -0.131. The van der Waals surface area contributed by atoms with E-state index >= 15 is 0 Å². The number of carboxylic acids is 1. The van der Waals surface area contributed by atoms with E-state index in [2.05, 4.69) is 20.9 Å². The van der Waals surface area contributed by atoms with Gasteiger partial charge < -0.3 is 5.11 Å². The van der Waals surface area contributed by atoms with E-state index in [1.807, 2.05) is 30.5 Å². The van der Waals surface area contributed by atoms with Crippen molar-refractivity contribution in [1.29, 1.82) is 0 Å². The van der Waals surface area contributed by atoms with Crippen LogP contribution in [0.5, 0.6) is 0 Å². The lowest BCUT2D eigenvalue weighted by Gasteiger charge is -2.02. The van der Waals surface area contributed by atoms with Gasteiger partial charge in [-0.15, -0.1) is 11.3 Å². The van der Waals surface area contributed by atoms with Crippen molar-refractivity contribution in [2.24, 2.45) is 0 Å². The summed E-state index contributed by atoms with van der Waals surface area (Å²) in [4.78, 5) is 14.9. The number of aromatic nitrogens is 1. The number of allylic oxidation sites excluding steroid dienone is 1. The highest BCUT2D eigenvalue weighted by atomic mass is 79.9. The van der Waals surface area contributed by atoms with Crippen LogP contribution in [0.1, 0.15) is 10.6 Å². The Kier molecular flexibility index (Phi) is 4.50. The Morgan fingerprint density at radius 1 is 1.53 bits per heavy atom. The van der Waals surface area contributed by atoms with E-state index in [-0.39, 0.29) is 0 Å². The van der Waals surface area contributed by atoms with Gasteiger partial charge in [0.05, 0.1) is 10.7 Å². The monoisotopic (exact) mass is 337 g/mol.